The highest BCUT2D eigenvalue weighted by Crippen LogP contribution is 2.19. The molecule has 2 N–H and O–H groups in total. The lowest BCUT2D eigenvalue weighted by atomic mass is 10.2. The first kappa shape index (κ1) is 12.2. The molecule has 2 aromatic rings. The fraction of sp³-hybridized carbons (Fsp3) is 0.167. The average Bonchev–Trinajstić information content (AvgIpc) is 2.81. The van der Waals surface area contributed by atoms with Crippen molar-refractivity contribution in [2.24, 2.45) is 0 Å². The highest BCUT2D eigenvalue weighted by molar-refractivity contribution is 6.05. The van der Waals surface area contributed by atoms with Crippen molar-refractivity contribution in [3.8, 4) is 0 Å². The zero-order valence-electron chi connectivity index (χ0n) is 10.2. The lowest BCUT2D eigenvalue weighted by Crippen LogP contribution is -2.49. The Morgan fingerprint density at radius 3 is 2.85 bits per heavy atom. The summed E-state index contributed by atoms with van der Waals surface area (Å²) in [5.41, 5.74) is 1.11. The van der Waals surface area contributed by atoms with Crippen molar-refractivity contribution in [2.75, 3.05) is 11.4 Å². The summed E-state index contributed by atoms with van der Waals surface area (Å²) in [4.78, 5) is 39.1. The molecule has 1 fully saturated rings. The highest BCUT2D eigenvalue weighted by Gasteiger charge is 2.24. The lowest BCUT2D eigenvalue weighted by Gasteiger charge is -2.26. The summed E-state index contributed by atoms with van der Waals surface area (Å²) in [5.74, 6) is -1.60. The molecule has 3 heterocycles. The molecular formula is C12H10N4O4. The molecule has 8 nitrogen and oxygen atoms in total. The number of aromatic nitrogens is 2. The molecule has 0 saturated carbocycles. The number of pyridine rings is 1. The molecule has 3 rings (SSSR count). The number of rotatable bonds is 2. The van der Waals surface area contributed by atoms with E-state index < -0.39 is 12.0 Å². The number of nitrogens with zero attached hydrogens (tertiary/aromatic N) is 3. The molecule has 0 radical (unpaired) electrons. The fourth-order valence-electron chi connectivity index (χ4n) is 2.11. The number of amides is 3. The van der Waals surface area contributed by atoms with Gasteiger partial charge >= 0.3 is 12.0 Å². The Morgan fingerprint density at radius 2 is 2.15 bits per heavy atom. The van der Waals surface area contributed by atoms with E-state index in [-0.39, 0.29) is 24.7 Å². The van der Waals surface area contributed by atoms with Gasteiger partial charge in [0, 0.05) is 19.2 Å². The van der Waals surface area contributed by atoms with Gasteiger partial charge in [-0.15, -0.1) is 0 Å². The molecule has 1 aliphatic rings. The molecule has 1 aliphatic heterocycles. The molecule has 0 aliphatic carbocycles. The van der Waals surface area contributed by atoms with E-state index in [9.17, 15) is 14.4 Å². The Morgan fingerprint density at radius 1 is 1.35 bits per heavy atom. The van der Waals surface area contributed by atoms with E-state index in [1.807, 2.05) is 0 Å². The van der Waals surface area contributed by atoms with Crippen molar-refractivity contribution in [2.45, 2.75) is 6.42 Å². The monoisotopic (exact) mass is 274 g/mol. The molecule has 3 amide bonds. The summed E-state index contributed by atoms with van der Waals surface area (Å²) in [6.45, 7) is 0.257. The lowest BCUT2D eigenvalue weighted by molar-refractivity contribution is -0.120. The van der Waals surface area contributed by atoms with Gasteiger partial charge in [-0.2, -0.15) is 0 Å². The Labute approximate surface area is 112 Å². The normalized spacial score (nSPS) is 15.5. The number of nitrogens with one attached hydrogen (secondary N) is 1. The van der Waals surface area contributed by atoms with Gasteiger partial charge in [-0.05, 0) is 12.1 Å². The van der Waals surface area contributed by atoms with Crippen molar-refractivity contribution in [1.82, 2.24) is 14.7 Å². The number of carbonyl (C=O) groups is 3. The Bertz CT molecular complexity index is 736. The number of fused-ring (bicyclic) bond motifs is 1. The summed E-state index contributed by atoms with van der Waals surface area (Å²) in [6.07, 6.45) is 3.16. The van der Waals surface area contributed by atoms with Gasteiger partial charge in [0.15, 0.2) is 0 Å². The number of aromatic carboxylic acids is 1. The predicted octanol–water partition coefficient (Wildman–Crippen LogP) is 0.479. The maximum Gasteiger partial charge on any atom is 0.372 e. The number of carbonyl (C=O) groups excluding carboxylic acids is 2. The summed E-state index contributed by atoms with van der Waals surface area (Å²) < 4.78 is 1.39. The minimum Gasteiger partial charge on any atom is -0.475 e. The van der Waals surface area contributed by atoms with Crippen LogP contribution >= 0.6 is 0 Å². The standard InChI is InChI=1S/C12H10N4O4/c17-9-3-4-15(12(20)14-9)8-2-1-7-5-13-10(11(18)19)16(7)6-8/h1-2,5-6H,3-4H2,(H,18,19)(H,14,17,20). The van der Waals surface area contributed by atoms with Crippen molar-refractivity contribution in [3.05, 3.63) is 30.4 Å². The second-order valence-corrected chi connectivity index (χ2v) is 4.32. The van der Waals surface area contributed by atoms with Gasteiger partial charge in [-0.1, -0.05) is 0 Å². The Kier molecular flexibility index (Phi) is 2.63. The Hall–Kier alpha value is -2.90. The van der Waals surface area contributed by atoms with Gasteiger partial charge < -0.3 is 5.11 Å². The van der Waals surface area contributed by atoms with Crippen molar-refractivity contribution < 1.29 is 19.5 Å². The third kappa shape index (κ3) is 1.87. The van der Waals surface area contributed by atoms with E-state index in [4.69, 9.17) is 5.11 Å². The van der Waals surface area contributed by atoms with Gasteiger partial charge in [0.05, 0.1) is 17.4 Å². The summed E-state index contributed by atoms with van der Waals surface area (Å²) in [5, 5.41) is 11.3. The summed E-state index contributed by atoms with van der Waals surface area (Å²) in [7, 11) is 0. The largest absolute Gasteiger partial charge is 0.475 e. The molecule has 1 saturated heterocycles. The quantitative estimate of drug-likeness (QED) is 0.828. The molecule has 0 spiro atoms. The number of carboxylic acid groups (broad SMARTS) is 1. The maximum absolute atomic E-state index is 11.8. The van der Waals surface area contributed by atoms with Crippen LogP contribution in [0.25, 0.3) is 5.52 Å². The smallest absolute Gasteiger partial charge is 0.372 e. The fourth-order valence-corrected chi connectivity index (χ4v) is 2.11. The number of urea groups is 1. The second-order valence-electron chi connectivity index (χ2n) is 4.32. The minimum atomic E-state index is -1.15. The third-order valence-electron chi connectivity index (χ3n) is 3.07. The molecule has 20 heavy (non-hydrogen) atoms. The van der Waals surface area contributed by atoms with Gasteiger partial charge in [-0.3, -0.25) is 19.4 Å². The number of imide groups is 1. The van der Waals surface area contributed by atoms with Crippen LogP contribution in [-0.4, -0.2) is 38.9 Å². The van der Waals surface area contributed by atoms with E-state index in [0.717, 1.165) is 0 Å². The van der Waals surface area contributed by atoms with Crippen molar-refractivity contribution in [3.63, 3.8) is 0 Å². The van der Waals surface area contributed by atoms with E-state index >= 15 is 0 Å². The second kappa shape index (κ2) is 4.34. The minimum absolute atomic E-state index is 0.129. The molecule has 0 atom stereocenters. The van der Waals surface area contributed by atoms with E-state index in [2.05, 4.69) is 10.3 Å². The maximum atomic E-state index is 11.8. The topological polar surface area (TPSA) is 104 Å². The summed E-state index contributed by atoms with van der Waals surface area (Å²) in [6, 6.07) is 2.83. The van der Waals surface area contributed by atoms with E-state index in [0.29, 0.717) is 11.2 Å². The van der Waals surface area contributed by atoms with Crippen LogP contribution in [0.3, 0.4) is 0 Å². The molecule has 102 valence electrons. The van der Waals surface area contributed by atoms with E-state index in [1.54, 1.807) is 12.1 Å². The van der Waals surface area contributed by atoms with Crippen LogP contribution in [0.4, 0.5) is 10.5 Å². The number of hydrogen-bond donors (Lipinski definition) is 2. The zero-order valence-corrected chi connectivity index (χ0v) is 10.2. The number of anilines is 1. The zero-order chi connectivity index (χ0) is 14.3. The molecule has 0 aromatic carbocycles. The molecular weight excluding hydrogens is 264 g/mol. The number of carboxylic acids is 1. The van der Waals surface area contributed by atoms with Crippen LogP contribution in [0, 0.1) is 0 Å². The van der Waals surface area contributed by atoms with Gasteiger partial charge in [0.25, 0.3) is 0 Å². The number of hydrogen-bond acceptors (Lipinski definition) is 4. The SMILES string of the molecule is O=C1CCN(c2ccc3cnc(C(=O)O)n3c2)C(=O)N1. The van der Waals surface area contributed by atoms with Gasteiger partial charge in [0.2, 0.25) is 11.7 Å². The van der Waals surface area contributed by atoms with Crippen LogP contribution in [0.2, 0.25) is 0 Å². The van der Waals surface area contributed by atoms with Crippen LogP contribution in [-0.2, 0) is 4.79 Å². The van der Waals surface area contributed by atoms with Gasteiger partial charge in [-0.25, -0.2) is 14.6 Å². The van der Waals surface area contributed by atoms with Gasteiger partial charge in [0.1, 0.15) is 0 Å². The van der Waals surface area contributed by atoms with Crippen molar-refractivity contribution >= 4 is 29.1 Å². The molecule has 8 heteroatoms. The van der Waals surface area contributed by atoms with Crippen LogP contribution in [0.1, 0.15) is 17.0 Å². The van der Waals surface area contributed by atoms with Crippen LogP contribution < -0.4 is 10.2 Å². The third-order valence-corrected chi connectivity index (χ3v) is 3.07. The first-order valence-corrected chi connectivity index (χ1v) is 5.88. The Balaban J connectivity index is 2.04. The van der Waals surface area contributed by atoms with E-state index in [1.165, 1.54) is 21.7 Å². The van der Waals surface area contributed by atoms with Crippen LogP contribution in [0.15, 0.2) is 24.5 Å². The average molecular weight is 274 g/mol. The number of imidazole rings is 1. The first-order valence-electron chi connectivity index (χ1n) is 5.88. The van der Waals surface area contributed by atoms with Crippen molar-refractivity contribution in [1.29, 1.82) is 0 Å². The molecule has 2 aromatic heterocycles. The summed E-state index contributed by atoms with van der Waals surface area (Å²) >= 11 is 0. The first-order chi connectivity index (χ1) is 9.56. The highest BCUT2D eigenvalue weighted by atomic mass is 16.4. The molecule has 0 bridgehead atoms. The predicted molar refractivity (Wildman–Crippen MR) is 67.7 cm³/mol. The molecule has 0 unspecified atom stereocenters. The van der Waals surface area contributed by atoms with Crippen LogP contribution in [0.5, 0.6) is 0 Å².